The van der Waals surface area contributed by atoms with E-state index >= 15 is 0 Å². The first-order valence-electron chi connectivity index (χ1n) is 13.0. The van der Waals surface area contributed by atoms with E-state index in [0.717, 1.165) is 4.57 Å². The van der Waals surface area contributed by atoms with Gasteiger partial charge in [0.15, 0.2) is 18.4 Å². The van der Waals surface area contributed by atoms with Gasteiger partial charge < -0.3 is 18.9 Å². The molecule has 42 heavy (non-hydrogen) atoms. The summed E-state index contributed by atoms with van der Waals surface area (Å²) in [6.07, 6.45) is -3.96. The van der Waals surface area contributed by atoms with E-state index in [-0.39, 0.29) is 22.3 Å². The summed E-state index contributed by atoms with van der Waals surface area (Å²) in [6, 6.07) is 24.4. The molecule has 4 aromatic rings. The Morgan fingerprint density at radius 1 is 0.738 bits per heavy atom. The van der Waals surface area contributed by atoms with Gasteiger partial charge >= 0.3 is 23.6 Å². The van der Waals surface area contributed by atoms with Gasteiger partial charge in [0.25, 0.3) is 5.56 Å². The minimum absolute atomic E-state index is 0.183. The second kappa shape index (κ2) is 12.5. The van der Waals surface area contributed by atoms with Crippen molar-refractivity contribution in [3.05, 3.63) is 140 Å². The number of esters is 3. The van der Waals surface area contributed by atoms with E-state index < -0.39 is 60.3 Å². The van der Waals surface area contributed by atoms with Crippen LogP contribution in [0.5, 0.6) is 0 Å². The fourth-order valence-corrected chi connectivity index (χ4v) is 4.46. The molecular formula is C31H26N2O9. The normalized spacial score (nSPS) is 19.5. The number of carbonyl (C=O) groups is 3. The monoisotopic (exact) mass is 570 g/mol. The fourth-order valence-electron chi connectivity index (χ4n) is 4.46. The van der Waals surface area contributed by atoms with Crippen LogP contribution in [0.25, 0.3) is 0 Å². The van der Waals surface area contributed by atoms with Crippen LogP contribution in [0, 0.1) is 6.92 Å². The summed E-state index contributed by atoms with van der Waals surface area (Å²) in [6.45, 7) is 1.08. The maximum Gasteiger partial charge on any atom is 0.338 e. The van der Waals surface area contributed by atoms with E-state index in [2.05, 4.69) is 4.98 Å². The summed E-state index contributed by atoms with van der Waals surface area (Å²) in [7, 11) is 0. The predicted octanol–water partition coefficient (Wildman–Crippen LogP) is 3.05. The highest BCUT2D eigenvalue weighted by molar-refractivity contribution is 5.91. The third-order valence-electron chi connectivity index (χ3n) is 6.60. The maximum atomic E-state index is 13.2. The van der Waals surface area contributed by atoms with Crippen LogP contribution >= 0.6 is 0 Å². The third kappa shape index (κ3) is 6.21. The molecule has 1 saturated heterocycles. The van der Waals surface area contributed by atoms with E-state index in [1.54, 1.807) is 78.9 Å². The molecule has 1 aromatic heterocycles. The Balaban J connectivity index is 1.52. The number of hydrogen-bond donors (Lipinski definition) is 1. The molecule has 1 N–H and O–H groups in total. The highest BCUT2D eigenvalue weighted by Gasteiger charge is 2.51. The number of aromatic nitrogens is 2. The molecule has 0 radical (unpaired) electrons. The van der Waals surface area contributed by atoms with Crippen molar-refractivity contribution in [1.29, 1.82) is 0 Å². The minimum Gasteiger partial charge on any atom is -0.459 e. The summed E-state index contributed by atoms with van der Waals surface area (Å²) in [5.41, 5.74) is -0.564. The first-order chi connectivity index (χ1) is 20.3. The van der Waals surface area contributed by atoms with Crippen LogP contribution in [0.3, 0.4) is 0 Å². The lowest BCUT2D eigenvalue weighted by Crippen LogP contribution is -2.43. The van der Waals surface area contributed by atoms with E-state index in [0.29, 0.717) is 0 Å². The first-order valence-corrected chi connectivity index (χ1v) is 13.0. The zero-order valence-corrected chi connectivity index (χ0v) is 22.4. The molecule has 0 bridgehead atoms. The van der Waals surface area contributed by atoms with Crippen LogP contribution in [0.4, 0.5) is 0 Å². The third-order valence-corrected chi connectivity index (χ3v) is 6.60. The first kappa shape index (κ1) is 28.2. The van der Waals surface area contributed by atoms with Crippen LogP contribution in [-0.2, 0) is 18.9 Å². The molecule has 1 aliphatic heterocycles. The molecule has 0 saturated carbocycles. The van der Waals surface area contributed by atoms with Gasteiger partial charge in [0.05, 0.1) is 16.7 Å². The van der Waals surface area contributed by atoms with Crippen LogP contribution in [0.2, 0.25) is 0 Å². The largest absolute Gasteiger partial charge is 0.459 e. The van der Waals surface area contributed by atoms with E-state index in [9.17, 15) is 24.0 Å². The van der Waals surface area contributed by atoms with Crippen molar-refractivity contribution in [2.24, 2.45) is 0 Å². The second-order valence-electron chi connectivity index (χ2n) is 9.48. The molecule has 214 valence electrons. The molecule has 3 aromatic carbocycles. The summed E-state index contributed by atoms with van der Waals surface area (Å²) < 4.78 is 24.3. The molecule has 4 atom stereocenters. The number of carbonyl (C=O) groups excluding carboxylic acids is 3. The standard InChI is InChI=1S/C31H26N2O9/c1-19-17-33(31(38)32-26(19)34)27-25(42-30(37)22-15-9-4-10-16-22)24(41-29(36)21-13-7-3-8-14-21)23(40-27)18-39-28(35)20-11-5-2-6-12-20/h2-17,23-25,27H,18H2,1H3,(H,32,34,38)/t23-,24+,25-,27-/m0/s1. The quantitative estimate of drug-likeness (QED) is 0.250. The van der Waals surface area contributed by atoms with Crippen LogP contribution < -0.4 is 11.2 Å². The minimum atomic E-state index is -1.38. The lowest BCUT2D eigenvalue weighted by molar-refractivity contribution is -0.0640. The van der Waals surface area contributed by atoms with E-state index in [1.165, 1.54) is 25.3 Å². The van der Waals surface area contributed by atoms with Crippen molar-refractivity contribution in [2.75, 3.05) is 6.61 Å². The number of nitrogens with zero attached hydrogens (tertiary/aromatic N) is 1. The zero-order chi connectivity index (χ0) is 29.6. The summed E-state index contributed by atoms with van der Waals surface area (Å²) >= 11 is 0. The highest BCUT2D eigenvalue weighted by Crippen LogP contribution is 2.34. The van der Waals surface area contributed by atoms with E-state index in [1.807, 2.05) is 0 Å². The average Bonchev–Trinajstić information content (AvgIpc) is 3.34. The Labute approximate surface area is 239 Å². The summed E-state index contributed by atoms with van der Waals surface area (Å²) in [4.78, 5) is 66.2. The number of H-pyrrole nitrogens is 1. The van der Waals surface area contributed by atoms with Gasteiger partial charge in [-0.1, -0.05) is 54.6 Å². The molecular weight excluding hydrogens is 544 g/mol. The second-order valence-corrected chi connectivity index (χ2v) is 9.48. The number of aromatic amines is 1. The van der Waals surface area contributed by atoms with Gasteiger partial charge in [0.1, 0.15) is 12.7 Å². The van der Waals surface area contributed by atoms with Gasteiger partial charge in [-0.25, -0.2) is 19.2 Å². The molecule has 2 heterocycles. The van der Waals surface area contributed by atoms with Gasteiger partial charge in [-0.15, -0.1) is 0 Å². The van der Waals surface area contributed by atoms with Crippen molar-refractivity contribution in [1.82, 2.24) is 9.55 Å². The maximum absolute atomic E-state index is 13.2. The molecule has 11 heteroatoms. The Kier molecular flexibility index (Phi) is 8.39. The Morgan fingerprint density at radius 2 is 1.21 bits per heavy atom. The number of rotatable bonds is 8. The van der Waals surface area contributed by atoms with Gasteiger partial charge in [0, 0.05) is 11.8 Å². The van der Waals surface area contributed by atoms with Gasteiger partial charge in [-0.2, -0.15) is 0 Å². The molecule has 11 nitrogen and oxygen atoms in total. The molecule has 0 unspecified atom stereocenters. The SMILES string of the molecule is Cc1cn([C@H]2O[C@@H](COC(=O)c3ccccc3)[C@@H](OC(=O)c3ccccc3)[C@@H]2OC(=O)c2ccccc2)c(=O)[nH]c1=O. The van der Waals surface area contributed by atoms with Crippen molar-refractivity contribution in [2.45, 2.75) is 31.5 Å². The number of nitrogens with one attached hydrogen (secondary N) is 1. The van der Waals surface area contributed by atoms with Crippen LogP contribution in [0.15, 0.2) is 107 Å². The number of aryl methyl sites for hydroxylation is 1. The van der Waals surface area contributed by atoms with Crippen molar-refractivity contribution in [3.8, 4) is 0 Å². The predicted molar refractivity (Wildman–Crippen MR) is 148 cm³/mol. The molecule has 1 fully saturated rings. The van der Waals surface area contributed by atoms with Gasteiger partial charge in [-0.05, 0) is 43.3 Å². The van der Waals surface area contributed by atoms with E-state index in [4.69, 9.17) is 18.9 Å². The molecule has 5 rings (SSSR count). The fraction of sp³-hybridized carbons (Fsp3) is 0.194. The van der Waals surface area contributed by atoms with Crippen molar-refractivity contribution in [3.63, 3.8) is 0 Å². The lowest BCUT2D eigenvalue weighted by Gasteiger charge is -2.25. The van der Waals surface area contributed by atoms with Gasteiger partial charge in [0.2, 0.25) is 0 Å². The smallest absolute Gasteiger partial charge is 0.338 e. The zero-order valence-electron chi connectivity index (χ0n) is 22.4. The lowest BCUT2D eigenvalue weighted by atomic mass is 10.1. The molecule has 0 amide bonds. The molecule has 0 aliphatic carbocycles. The number of benzene rings is 3. The van der Waals surface area contributed by atoms with Crippen molar-refractivity contribution < 1.29 is 33.3 Å². The molecule has 0 spiro atoms. The Morgan fingerprint density at radius 3 is 1.74 bits per heavy atom. The van der Waals surface area contributed by atoms with Crippen LogP contribution in [0.1, 0.15) is 42.9 Å². The Hall–Kier alpha value is -5.29. The number of hydrogen-bond acceptors (Lipinski definition) is 9. The highest BCUT2D eigenvalue weighted by atomic mass is 16.7. The average molecular weight is 571 g/mol. The number of ether oxygens (including phenoxy) is 4. The summed E-state index contributed by atoms with van der Waals surface area (Å²) in [5, 5.41) is 0. The topological polar surface area (TPSA) is 143 Å². The Bertz CT molecular complexity index is 1680. The van der Waals surface area contributed by atoms with Gasteiger partial charge in [-0.3, -0.25) is 14.3 Å². The van der Waals surface area contributed by atoms with Crippen molar-refractivity contribution >= 4 is 17.9 Å². The molecule has 1 aliphatic rings. The van der Waals surface area contributed by atoms with Crippen LogP contribution in [-0.4, -0.2) is 52.4 Å². The summed E-state index contributed by atoms with van der Waals surface area (Å²) in [5.74, 6) is -2.19.